The molecule has 1 fully saturated rings. The van der Waals surface area contributed by atoms with Gasteiger partial charge in [0.05, 0.1) is 11.3 Å². The third-order valence-electron chi connectivity index (χ3n) is 5.60. The van der Waals surface area contributed by atoms with Crippen molar-refractivity contribution in [2.24, 2.45) is 0 Å². The molecular formula is C24H22N4OS. The monoisotopic (exact) mass is 414 g/mol. The minimum atomic E-state index is 0.185. The standard InChI is InChI=1S/C24H22N4OS/c29-24(17-19-7-3-6-18-5-1-2-8-20(18)19)28-14-12-27(13-15-28)23-11-10-21(25-26-23)22-9-4-16-30-22/h1-11,16H,12-15,17H2. The van der Waals surface area contributed by atoms with Crippen LogP contribution in [0.3, 0.4) is 0 Å². The van der Waals surface area contributed by atoms with E-state index in [1.54, 1.807) is 11.3 Å². The molecule has 1 saturated heterocycles. The third kappa shape index (κ3) is 3.78. The zero-order valence-electron chi connectivity index (χ0n) is 16.6. The fourth-order valence-electron chi connectivity index (χ4n) is 3.96. The minimum absolute atomic E-state index is 0.185. The van der Waals surface area contributed by atoms with Crippen molar-refractivity contribution in [3.8, 4) is 10.6 Å². The first kappa shape index (κ1) is 18.8. The summed E-state index contributed by atoms with van der Waals surface area (Å²) in [6, 6.07) is 22.5. The zero-order chi connectivity index (χ0) is 20.3. The van der Waals surface area contributed by atoms with Crippen LogP contribution in [0, 0.1) is 0 Å². The van der Waals surface area contributed by atoms with Crippen molar-refractivity contribution in [2.45, 2.75) is 6.42 Å². The summed E-state index contributed by atoms with van der Waals surface area (Å²) < 4.78 is 0. The lowest BCUT2D eigenvalue weighted by Crippen LogP contribution is -2.49. The maximum atomic E-state index is 12.9. The van der Waals surface area contributed by atoms with Crippen molar-refractivity contribution in [3.63, 3.8) is 0 Å². The SMILES string of the molecule is O=C(Cc1cccc2ccccc12)N1CCN(c2ccc(-c3cccs3)nn2)CC1. The molecule has 0 spiro atoms. The van der Waals surface area contributed by atoms with E-state index in [1.807, 2.05) is 46.7 Å². The summed E-state index contributed by atoms with van der Waals surface area (Å²) in [5.74, 6) is 1.06. The number of thiophene rings is 1. The molecule has 150 valence electrons. The molecule has 1 aliphatic heterocycles. The van der Waals surface area contributed by atoms with Gasteiger partial charge in [-0.2, -0.15) is 0 Å². The summed E-state index contributed by atoms with van der Waals surface area (Å²) in [4.78, 5) is 18.2. The maximum absolute atomic E-state index is 12.9. The number of amides is 1. The van der Waals surface area contributed by atoms with E-state index in [9.17, 15) is 4.79 Å². The van der Waals surface area contributed by atoms with Crippen LogP contribution < -0.4 is 4.90 Å². The van der Waals surface area contributed by atoms with E-state index in [2.05, 4.69) is 45.4 Å². The zero-order valence-corrected chi connectivity index (χ0v) is 17.4. The molecule has 3 heterocycles. The number of piperazine rings is 1. The third-order valence-corrected chi connectivity index (χ3v) is 6.49. The number of hydrogen-bond donors (Lipinski definition) is 0. The first-order valence-corrected chi connectivity index (χ1v) is 11.0. The highest BCUT2D eigenvalue weighted by Crippen LogP contribution is 2.24. The Morgan fingerprint density at radius 1 is 0.867 bits per heavy atom. The molecule has 0 unspecified atom stereocenters. The molecule has 6 heteroatoms. The summed E-state index contributed by atoms with van der Waals surface area (Å²) in [5, 5.41) is 13.2. The Morgan fingerprint density at radius 3 is 2.47 bits per heavy atom. The second-order valence-corrected chi connectivity index (χ2v) is 8.38. The minimum Gasteiger partial charge on any atom is -0.352 e. The van der Waals surface area contributed by atoms with Gasteiger partial charge in [-0.05, 0) is 39.9 Å². The van der Waals surface area contributed by atoms with Gasteiger partial charge < -0.3 is 9.80 Å². The number of benzene rings is 2. The molecule has 1 aliphatic rings. The van der Waals surface area contributed by atoms with Gasteiger partial charge in [-0.25, -0.2) is 0 Å². The highest BCUT2D eigenvalue weighted by molar-refractivity contribution is 7.13. The fraction of sp³-hybridized carbons (Fsp3) is 0.208. The molecule has 0 atom stereocenters. The van der Waals surface area contributed by atoms with E-state index in [0.717, 1.165) is 40.4 Å². The Bertz CT molecular complexity index is 1140. The summed E-state index contributed by atoms with van der Waals surface area (Å²) in [5.41, 5.74) is 1.99. The second kappa shape index (κ2) is 8.24. The summed E-state index contributed by atoms with van der Waals surface area (Å²) in [7, 11) is 0. The van der Waals surface area contributed by atoms with E-state index in [0.29, 0.717) is 19.5 Å². The molecule has 30 heavy (non-hydrogen) atoms. The number of hydrogen-bond acceptors (Lipinski definition) is 5. The van der Waals surface area contributed by atoms with E-state index in [1.165, 1.54) is 5.39 Å². The lowest BCUT2D eigenvalue weighted by Gasteiger charge is -2.35. The molecule has 2 aromatic heterocycles. The van der Waals surface area contributed by atoms with Gasteiger partial charge in [-0.15, -0.1) is 21.5 Å². The van der Waals surface area contributed by atoms with Gasteiger partial charge in [0.2, 0.25) is 5.91 Å². The van der Waals surface area contributed by atoms with Gasteiger partial charge in [0.25, 0.3) is 0 Å². The molecule has 1 amide bonds. The Labute approximate surface area is 179 Å². The summed E-state index contributed by atoms with van der Waals surface area (Å²) >= 11 is 1.66. The van der Waals surface area contributed by atoms with Crippen LogP contribution >= 0.6 is 11.3 Å². The molecule has 0 saturated carbocycles. The summed E-state index contributed by atoms with van der Waals surface area (Å²) in [6.07, 6.45) is 0.441. The maximum Gasteiger partial charge on any atom is 0.227 e. The van der Waals surface area contributed by atoms with Gasteiger partial charge in [0.1, 0.15) is 5.69 Å². The smallest absolute Gasteiger partial charge is 0.227 e. The molecule has 4 aromatic rings. The Kier molecular flexibility index (Phi) is 5.15. The highest BCUT2D eigenvalue weighted by atomic mass is 32.1. The number of rotatable bonds is 4. The van der Waals surface area contributed by atoms with Crippen molar-refractivity contribution in [1.29, 1.82) is 0 Å². The fourth-order valence-corrected chi connectivity index (χ4v) is 4.65. The number of anilines is 1. The average Bonchev–Trinajstić information content (AvgIpc) is 3.35. The van der Waals surface area contributed by atoms with Gasteiger partial charge in [0, 0.05) is 26.2 Å². The number of carbonyl (C=O) groups excluding carboxylic acids is 1. The Balaban J connectivity index is 1.22. The first-order valence-electron chi connectivity index (χ1n) is 10.1. The van der Waals surface area contributed by atoms with E-state index in [4.69, 9.17) is 0 Å². The molecule has 0 bridgehead atoms. The quantitative estimate of drug-likeness (QED) is 0.501. The van der Waals surface area contributed by atoms with Crippen LogP contribution in [0.4, 0.5) is 5.82 Å². The van der Waals surface area contributed by atoms with Gasteiger partial charge in [-0.3, -0.25) is 4.79 Å². The van der Waals surface area contributed by atoms with Crippen LogP contribution in [0.25, 0.3) is 21.3 Å². The number of nitrogens with zero attached hydrogens (tertiary/aromatic N) is 4. The van der Waals surface area contributed by atoms with Crippen molar-refractivity contribution in [1.82, 2.24) is 15.1 Å². The molecular weight excluding hydrogens is 392 g/mol. The van der Waals surface area contributed by atoms with Crippen LogP contribution in [0.2, 0.25) is 0 Å². The predicted molar refractivity (Wildman–Crippen MR) is 122 cm³/mol. The predicted octanol–water partition coefficient (Wildman–Crippen LogP) is 4.25. The van der Waals surface area contributed by atoms with Gasteiger partial charge >= 0.3 is 0 Å². The van der Waals surface area contributed by atoms with Crippen molar-refractivity contribution < 1.29 is 4.79 Å². The number of aromatic nitrogens is 2. The van der Waals surface area contributed by atoms with Crippen LogP contribution in [0.1, 0.15) is 5.56 Å². The molecule has 5 rings (SSSR count). The Morgan fingerprint density at radius 2 is 1.70 bits per heavy atom. The van der Waals surface area contributed by atoms with Gasteiger partial charge in [0.15, 0.2) is 5.82 Å². The first-order chi connectivity index (χ1) is 14.8. The largest absolute Gasteiger partial charge is 0.352 e. The molecule has 2 aromatic carbocycles. The molecule has 0 aliphatic carbocycles. The number of fused-ring (bicyclic) bond motifs is 1. The van der Waals surface area contributed by atoms with Crippen LogP contribution in [0.15, 0.2) is 72.1 Å². The van der Waals surface area contributed by atoms with Crippen LogP contribution in [-0.2, 0) is 11.2 Å². The summed E-state index contributed by atoms with van der Waals surface area (Å²) in [6.45, 7) is 2.96. The molecule has 0 N–H and O–H groups in total. The van der Waals surface area contributed by atoms with Crippen LogP contribution in [-0.4, -0.2) is 47.2 Å². The lowest BCUT2D eigenvalue weighted by molar-refractivity contribution is -0.130. The van der Waals surface area contributed by atoms with Crippen molar-refractivity contribution >= 4 is 33.8 Å². The number of carbonyl (C=O) groups is 1. The van der Waals surface area contributed by atoms with E-state index < -0.39 is 0 Å². The van der Waals surface area contributed by atoms with Gasteiger partial charge in [-0.1, -0.05) is 48.5 Å². The Hall–Kier alpha value is -3.25. The lowest BCUT2D eigenvalue weighted by atomic mass is 10.0. The second-order valence-electron chi connectivity index (χ2n) is 7.44. The topological polar surface area (TPSA) is 49.3 Å². The highest BCUT2D eigenvalue weighted by Gasteiger charge is 2.22. The molecule has 0 radical (unpaired) electrons. The van der Waals surface area contributed by atoms with Crippen LogP contribution in [0.5, 0.6) is 0 Å². The normalized spacial score (nSPS) is 14.3. The van der Waals surface area contributed by atoms with Crippen molar-refractivity contribution in [3.05, 3.63) is 77.7 Å². The van der Waals surface area contributed by atoms with E-state index in [-0.39, 0.29) is 5.91 Å². The average molecular weight is 415 g/mol. The van der Waals surface area contributed by atoms with Crippen molar-refractivity contribution in [2.75, 3.05) is 31.1 Å². The molecule has 5 nitrogen and oxygen atoms in total. The van der Waals surface area contributed by atoms with E-state index >= 15 is 0 Å².